The van der Waals surface area contributed by atoms with Gasteiger partial charge in [-0.2, -0.15) is 0 Å². The summed E-state index contributed by atoms with van der Waals surface area (Å²) in [6.45, 7) is 5.65. The number of oxazole rings is 1. The van der Waals surface area contributed by atoms with Crippen LogP contribution in [0.3, 0.4) is 0 Å². The third kappa shape index (κ3) is 8.25. The second-order valence-electron chi connectivity index (χ2n) is 11.1. The summed E-state index contributed by atoms with van der Waals surface area (Å²) in [5, 5.41) is 17.6. The summed E-state index contributed by atoms with van der Waals surface area (Å²) in [6, 6.07) is 7.44. The van der Waals surface area contributed by atoms with Crippen LogP contribution in [0.25, 0.3) is 0 Å². The fraction of sp³-hybridized carbons (Fsp3) is 0.484. The van der Waals surface area contributed by atoms with Crippen molar-refractivity contribution in [3.63, 3.8) is 0 Å². The van der Waals surface area contributed by atoms with Crippen LogP contribution in [0.5, 0.6) is 5.75 Å². The van der Waals surface area contributed by atoms with Crippen molar-refractivity contribution in [1.29, 1.82) is 0 Å². The normalized spacial score (nSPS) is 16.4. The first-order valence-electron chi connectivity index (χ1n) is 14.9. The van der Waals surface area contributed by atoms with Crippen LogP contribution in [0, 0.1) is 0 Å². The summed E-state index contributed by atoms with van der Waals surface area (Å²) in [4.78, 5) is 37.3. The van der Waals surface area contributed by atoms with Gasteiger partial charge in [0.2, 0.25) is 5.91 Å². The predicted octanol–water partition coefficient (Wildman–Crippen LogP) is 3.65. The maximum Gasteiger partial charge on any atom is 0.251 e. The number of rotatable bonds is 12. The highest BCUT2D eigenvalue weighted by Gasteiger charge is 2.24. The second-order valence-corrected chi connectivity index (χ2v) is 11.5. The zero-order valence-corrected chi connectivity index (χ0v) is 25.2. The molecule has 1 fully saturated rings. The molecule has 2 aromatic heterocycles. The number of carbonyl (C=O) groups excluding carboxylic acids is 2. The summed E-state index contributed by atoms with van der Waals surface area (Å²) in [6.07, 6.45) is 7.70. The van der Waals surface area contributed by atoms with Crippen LogP contribution < -0.4 is 15.4 Å². The van der Waals surface area contributed by atoms with Crippen LogP contribution >= 0.6 is 11.6 Å². The van der Waals surface area contributed by atoms with E-state index < -0.39 is 6.10 Å². The van der Waals surface area contributed by atoms with Gasteiger partial charge in [-0.1, -0.05) is 24.6 Å². The van der Waals surface area contributed by atoms with Crippen molar-refractivity contribution in [2.45, 2.75) is 64.3 Å². The first kappa shape index (κ1) is 30.8. The Hall–Kier alpha value is -3.67. The zero-order chi connectivity index (χ0) is 30.2. The van der Waals surface area contributed by atoms with E-state index in [1.807, 2.05) is 24.0 Å². The Labute approximate surface area is 256 Å². The number of aromatic nitrogens is 2. The molecule has 0 bridgehead atoms. The molecule has 3 N–H and O–H groups in total. The molecule has 5 rings (SSSR count). The lowest BCUT2D eigenvalue weighted by Crippen LogP contribution is -2.42. The first-order chi connectivity index (χ1) is 20.9. The van der Waals surface area contributed by atoms with Gasteiger partial charge in [0, 0.05) is 63.5 Å². The van der Waals surface area contributed by atoms with Gasteiger partial charge in [-0.05, 0) is 55.0 Å². The third-order valence-corrected chi connectivity index (χ3v) is 8.30. The van der Waals surface area contributed by atoms with E-state index in [2.05, 4.69) is 25.5 Å². The van der Waals surface area contributed by atoms with Crippen molar-refractivity contribution in [3.8, 4) is 5.75 Å². The SMILES string of the molecule is CCCC(=O)N1CCC(Nc2cc(C(=O)NC[C@H](O)CN3CCc4c(ccc(OCc5cnco5)c4Cl)C3)ccn2)CC1. The molecule has 11 nitrogen and oxygen atoms in total. The molecule has 1 saturated heterocycles. The van der Waals surface area contributed by atoms with Crippen molar-refractivity contribution in [2.75, 3.05) is 38.0 Å². The highest BCUT2D eigenvalue weighted by atomic mass is 35.5. The molecule has 3 aromatic rings. The molecule has 230 valence electrons. The number of nitrogens with one attached hydrogen (secondary N) is 2. The van der Waals surface area contributed by atoms with Gasteiger partial charge in [0.05, 0.1) is 17.3 Å². The lowest BCUT2D eigenvalue weighted by molar-refractivity contribution is -0.132. The summed E-state index contributed by atoms with van der Waals surface area (Å²) < 4.78 is 11.0. The number of aliphatic hydroxyl groups excluding tert-OH is 1. The molecule has 2 amide bonds. The first-order valence-corrected chi connectivity index (χ1v) is 15.3. The number of likely N-dealkylation sites (tertiary alicyclic amines) is 1. The number of halogens is 1. The average Bonchev–Trinajstić information content (AvgIpc) is 3.54. The van der Waals surface area contributed by atoms with Gasteiger partial charge in [-0.3, -0.25) is 14.5 Å². The van der Waals surface area contributed by atoms with Gasteiger partial charge in [-0.15, -0.1) is 0 Å². The molecule has 0 saturated carbocycles. The van der Waals surface area contributed by atoms with Crippen LogP contribution in [0.2, 0.25) is 5.02 Å². The smallest absolute Gasteiger partial charge is 0.251 e. The molecule has 1 aromatic carbocycles. The van der Waals surface area contributed by atoms with E-state index in [4.69, 9.17) is 20.8 Å². The minimum Gasteiger partial charge on any atom is -0.484 e. The number of anilines is 1. The van der Waals surface area contributed by atoms with Gasteiger partial charge in [0.15, 0.2) is 12.2 Å². The fourth-order valence-electron chi connectivity index (χ4n) is 5.56. The van der Waals surface area contributed by atoms with Gasteiger partial charge >= 0.3 is 0 Å². The number of hydrogen-bond donors (Lipinski definition) is 3. The molecule has 2 aliphatic heterocycles. The Morgan fingerprint density at radius 3 is 2.84 bits per heavy atom. The van der Waals surface area contributed by atoms with E-state index in [0.717, 1.165) is 56.4 Å². The summed E-state index contributed by atoms with van der Waals surface area (Å²) in [5.41, 5.74) is 2.62. The highest BCUT2D eigenvalue weighted by molar-refractivity contribution is 6.33. The van der Waals surface area contributed by atoms with Crippen LogP contribution in [0.15, 0.2) is 47.5 Å². The van der Waals surface area contributed by atoms with Gasteiger partial charge in [0.25, 0.3) is 5.91 Å². The number of piperidine rings is 1. The van der Waals surface area contributed by atoms with E-state index in [0.29, 0.717) is 47.4 Å². The Morgan fingerprint density at radius 2 is 2.07 bits per heavy atom. The molecular weight excluding hydrogens is 572 g/mol. The van der Waals surface area contributed by atoms with Crippen LogP contribution in [0.1, 0.15) is 59.9 Å². The number of carbonyl (C=O) groups is 2. The van der Waals surface area contributed by atoms with Crippen molar-refractivity contribution in [3.05, 3.63) is 70.5 Å². The number of amides is 2. The maximum atomic E-state index is 12.9. The van der Waals surface area contributed by atoms with Gasteiger partial charge in [-0.25, -0.2) is 9.97 Å². The number of fused-ring (bicyclic) bond motifs is 1. The molecule has 0 unspecified atom stereocenters. The standard InChI is InChI=1S/C31H39ClN6O5/c1-2-3-29(40)38-12-7-23(8-13-38)36-28-14-21(6-10-34-28)31(41)35-15-24(39)18-37-11-9-26-22(17-37)4-5-27(30(26)32)42-19-25-16-33-20-43-25/h4-6,10,14,16,20,23-24,39H,2-3,7-9,11-13,15,17-19H2,1H3,(H,34,36)(H,35,41)/t24-/m0/s1. The number of aliphatic hydroxyl groups is 1. The molecule has 2 aliphatic rings. The van der Waals surface area contributed by atoms with Crippen LogP contribution in [0.4, 0.5) is 5.82 Å². The number of nitrogens with zero attached hydrogens (tertiary/aromatic N) is 4. The lowest BCUT2D eigenvalue weighted by atomic mass is 9.99. The molecule has 43 heavy (non-hydrogen) atoms. The number of β-amino-alcohol motifs (C(OH)–C–C–N with tert-alkyl or cyclic N) is 1. The summed E-state index contributed by atoms with van der Waals surface area (Å²) in [5.74, 6) is 1.80. The van der Waals surface area contributed by atoms with Crippen molar-refractivity contribution in [1.82, 2.24) is 25.1 Å². The monoisotopic (exact) mass is 610 g/mol. The van der Waals surface area contributed by atoms with Gasteiger partial charge < -0.3 is 29.8 Å². The molecule has 4 heterocycles. The Morgan fingerprint density at radius 1 is 1.23 bits per heavy atom. The van der Waals surface area contributed by atoms with Crippen LogP contribution in [-0.4, -0.2) is 81.6 Å². The van der Waals surface area contributed by atoms with E-state index >= 15 is 0 Å². The Kier molecular flexibility index (Phi) is 10.5. The van der Waals surface area contributed by atoms with Gasteiger partial charge in [0.1, 0.15) is 18.2 Å². The average molecular weight is 611 g/mol. The molecule has 12 heteroatoms. The topological polar surface area (TPSA) is 133 Å². The quantitative estimate of drug-likeness (QED) is 0.281. The molecule has 0 radical (unpaired) electrons. The molecule has 0 aliphatic carbocycles. The number of hydrogen-bond acceptors (Lipinski definition) is 9. The van der Waals surface area contributed by atoms with E-state index in [1.165, 1.54) is 6.39 Å². The third-order valence-electron chi connectivity index (χ3n) is 7.88. The number of pyridine rings is 1. The van der Waals surface area contributed by atoms with Crippen LogP contribution in [-0.2, 0) is 24.4 Å². The lowest BCUT2D eigenvalue weighted by Gasteiger charge is -2.32. The molecule has 1 atom stereocenters. The van der Waals surface area contributed by atoms with Crippen molar-refractivity contribution >= 4 is 29.2 Å². The van der Waals surface area contributed by atoms with E-state index in [1.54, 1.807) is 24.5 Å². The summed E-state index contributed by atoms with van der Waals surface area (Å²) in [7, 11) is 0. The molecule has 0 spiro atoms. The molecular formula is C31H39ClN6O5. The summed E-state index contributed by atoms with van der Waals surface area (Å²) >= 11 is 6.65. The van der Waals surface area contributed by atoms with Crippen molar-refractivity contribution in [2.24, 2.45) is 0 Å². The minimum atomic E-state index is -0.731. The minimum absolute atomic E-state index is 0.132. The fourth-order valence-corrected chi connectivity index (χ4v) is 5.89. The zero-order valence-electron chi connectivity index (χ0n) is 24.4. The second kappa shape index (κ2) is 14.7. The Bertz CT molecular complexity index is 1380. The van der Waals surface area contributed by atoms with E-state index in [9.17, 15) is 14.7 Å². The number of benzene rings is 1. The highest BCUT2D eigenvalue weighted by Crippen LogP contribution is 2.34. The van der Waals surface area contributed by atoms with Crippen molar-refractivity contribution < 1.29 is 23.8 Å². The Balaban J connectivity index is 1.06. The predicted molar refractivity (Wildman–Crippen MR) is 162 cm³/mol. The number of ether oxygens (including phenoxy) is 1. The maximum absolute atomic E-state index is 12.9. The largest absolute Gasteiger partial charge is 0.484 e. The van der Waals surface area contributed by atoms with E-state index in [-0.39, 0.29) is 31.0 Å².